The highest BCUT2D eigenvalue weighted by atomic mass is 32.2. The minimum atomic E-state index is -0.256. The third-order valence-corrected chi connectivity index (χ3v) is 6.25. The zero-order valence-corrected chi connectivity index (χ0v) is 16.5. The van der Waals surface area contributed by atoms with Gasteiger partial charge in [0.1, 0.15) is 5.76 Å². The van der Waals surface area contributed by atoms with E-state index < -0.39 is 0 Å². The van der Waals surface area contributed by atoms with E-state index in [9.17, 15) is 4.79 Å². The molecule has 0 aliphatic rings. The molecule has 0 fully saturated rings. The standard InChI is InChI=1S/C19H18N4O2S2/c1-11-16(14-7-3-4-8-15(14)21-11)17(24)12(2)26-19-23-22-18(27-19)20-10-13-6-5-9-25-13/h3-9,12,21H,10H2,1-2H3,(H,20,22)/t12-/m1/s1. The number of thioether (sulfide) groups is 1. The first-order valence-corrected chi connectivity index (χ1v) is 10.2. The number of rotatable bonds is 7. The van der Waals surface area contributed by atoms with Gasteiger partial charge in [0.05, 0.1) is 18.1 Å². The summed E-state index contributed by atoms with van der Waals surface area (Å²) in [4.78, 5) is 16.3. The number of furan rings is 1. The summed E-state index contributed by atoms with van der Waals surface area (Å²) in [6.45, 7) is 4.40. The predicted molar refractivity (Wildman–Crippen MR) is 109 cm³/mol. The number of H-pyrrole nitrogens is 1. The first-order valence-electron chi connectivity index (χ1n) is 8.50. The van der Waals surface area contributed by atoms with Gasteiger partial charge < -0.3 is 14.7 Å². The molecule has 6 nitrogen and oxygen atoms in total. The normalized spacial score (nSPS) is 12.4. The largest absolute Gasteiger partial charge is 0.467 e. The van der Waals surface area contributed by atoms with E-state index >= 15 is 0 Å². The molecule has 1 aromatic carbocycles. The van der Waals surface area contributed by atoms with Crippen LogP contribution in [0.15, 0.2) is 51.4 Å². The van der Waals surface area contributed by atoms with Crippen LogP contribution >= 0.6 is 23.1 Å². The third kappa shape index (κ3) is 3.77. The zero-order chi connectivity index (χ0) is 18.8. The molecule has 2 N–H and O–H groups in total. The molecule has 0 unspecified atom stereocenters. The lowest BCUT2D eigenvalue weighted by atomic mass is 10.1. The second-order valence-electron chi connectivity index (χ2n) is 6.10. The van der Waals surface area contributed by atoms with Crippen LogP contribution in [-0.2, 0) is 6.54 Å². The van der Waals surface area contributed by atoms with Crippen molar-refractivity contribution in [3.05, 3.63) is 59.7 Å². The van der Waals surface area contributed by atoms with Gasteiger partial charge in [0, 0.05) is 22.2 Å². The number of carbonyl (C=O) groups is 1. The van der Waals surface area contributed by atoms with Crippen LogP contribution < -0.4 is 5.32 Å². The highest BCUT2D eigenvalue weighted by molar-refractivity contribution is 8.02. The Labute approximate surface area is 164 Å². The monoisotopic (exact) mass is 398 g/mol. The van der Waals surface area contributed by atoms with Gasteiger partial charge in [0.2, 0.25) is 5.13 Å². The van der Waals surface area contributed by atoms with Gasteiger partial charge >= 0.3 is 0 Å². The number of Topliss-reactive ketones (excluding diaryl/α,β-unsaturated/α-hetero) is 1. The Hall–Kier alpha value is -2.58. The van der Waals surface area contributed by atoms with E-state index in [0.717, 1.165) is 32.3 Å². The maximum absolute atomic E-state index is 13.0. The lowest BCUT2D eigenvalue weighted by Gasteiger charge is -2.08. The van der Waals surface area contributed by atoms with E-state index in [0.29, 0.717) is 11.7 Å². The molecule has 4 rings (SSSR count). The van der Waals surface area contributed by atoms with Crippen molar-refractivity contribution in [3.8, 4) is 0 Å². The molecule has 0 saturated heterocycles. The summed E-state index contributed by atoms with van der Waals surface area (Å²) in [7, 11) is 0. The van der Waals surface area contributed by atoms with E-state index in [2.05, 4.69) is 20.5 Å². The Kier molecular flexibility index (Phi) is 5.00. The van der Waals surface area contributed by atoms with Gasteiger partial charge in [-0.25, -0.2) is 0 Å². The van der Waals surface area contributed by atoms with Gasteiger partial charge in [-0.05, 0) is 32.0 Å². The van der Waals surface area contributed by atoms with E-state index in [-0.39, 0.29) is 11.0 Å². The van der Waals surface area contributed by atoms with Gasteiger partial charge in [-0.15, -0.1) is 10.2 Å². The van der Waals surface area contributed by atoms with Gasteiger partial charge in [0.25, 0.3) is 0 Å². The molecule has 0 aliphatic heterocycles. The van der Waals surface area contributed by atoms with E-state index in [1.807, 2.05) is 50.2 Å². The van der Waals surface area contributed by atoms with Crippen molar-refractivity contribution >= 4 is 44.9 Å². The van der Waals surface area contributed by atoms with Crippen molar-refractivity contribution in [1.29, 1.82) is 0 Å². The topological polar surface area (TPSA) is 83.8 Å². The number of benzene rings is 1. The summed E-state index contributed by atoms with van der Waals surface area (Å²) in [5, 5.41) is 12.9. The Morgan fingerprint density at radius 2 is 2.15 bits per heavy atom. The maximum Gasteiger partial charge on any atom is 0.206 e. The average molecular weight is 399 g/mol. The number of nitrogens with one attached hydrogen (secondary N) is 2. The lowest BCUT2D eigenvalue weighted by molar-refractivity contribution is 0.0995. The van der Waals surface area contributed by atoms with E-state index in [4.69, 9.17) is 4.42 Å². The molecule has 138 valence electrons. The smallest absolute Gasteiger partial charge is 0.206 e. The van der Waals surface area contributed by atoms with Crippen LogP contribution in [0.4, 0.5) is 5.13 Å². The van der Waals surface area contributed by atoms with Crippen molar-refractivity contribution in [3.63, 3.8) is 0 Å². The van der Waals surface area contributed by atoms with Crippen molar-refractivity contribution < 1.29 is 9.21 Å². The minimum Gasteiger partial charge on any atom is -0.467 e. The number of hydrogen-bond acceptors (Lipinski definition) is 7. The first-order chi connectivity index (χ1) is 13.1. The lowest BCUT2D eigenvalue weighted by Crippen LogP contribution is -2.14. The molecule has 3 aromatic heterocycles. The molecule has 27 heavy (non-hydrogen) atoms. The van der Waals surface area contributed by atoms with Crippen LogP contribution in [0.25, 0.3) is 10.9 Å². The molecular weight excluding hydrogens is 380 g/mol. The van der Waals surface area contributed by atoms with Crippen LogP contribution in [0.3, 0.4) is 0 Å². The molecule has 0 radical (unpaired) electrons. The summed E-state index contributed by atoms with van der Waals surface area (Å²) in [6, 6.07) is 11.6. The third-order valence-electron chi connectivity index (χ3n) is 4.19. The molecule has 0 spiro atoms. The Bertz CT molecular complexity index is 1070. The van der Waals surface area contributed by atoms with Crippen molar-refractivity contribution in [2.24, 2.45) is 0 Å². The molecular formula is C19H18N4O2S2. The summed E-state index contributed by atoms with van der Waals surface area (Å²) in [5.74, 6) is 0.924. The van der Waals surface area contributed by atoms with Crippen molar-refractivity contribution in [2.45, 2.75) is 30.0 Å². The predicted octanol–water partition coefficient (Wildman–Crippen LogP) is 4.90. The first kappa shape index (κ1) is 17.8. The molecule has 0 amide bonds. The fraction of sp³-hybridized carbons (Fsp3) is 0.211. The molecule has 4 aromatic rings. The molecule has 0 bridgehead atoms. The summed E-state index contributed by atoms with van der Waals surface area (Å²) in [6.07, 6.45) is 1.64. The molecule has 0 aliphatic carbocycles. The fourth-order valence-electron chi connectivity index (χ4n) is 2.91. The summed E-state index contributed by atoms with van der Waals surface area (Å²) < 4.78 is 6.05. The number of aromatic nitrogens is 3. The minimum absolute atomic E-state index is 0.0928. The number of nitrogens with zero attached hydrogens (tertiary/aromatic N) is 2. The number of fused-ring (bicyclic) bond motifs is 1. The van der Waals surface area contributed by atoms with Gasteiger partial charge in [-0.3, -0.25) is 4.79 Å². The summed E-state index contributed by atoms with van der Waals surface area (Å²) >= 11 is 2.86. The number of ketones is 1. The van der Waals surface area contributed by atoms with Gasteiger partial charge in [-0.1, -0.05) is 41.3 Å². The Morgan fingerprint density at radius 1 is 1.30 bits per heavy atom. The fourth-order valence-corrected chi connectivity index (χ4v) is 4.86. The van der Waals surface area contributed by atoms with Crippen LogP contribution in [0.2, 0.25) is 0 Å². The van der Waals surface area contributed by atoms with E-state index in [1.165, 1.54) is 23.1 Å². The van der Waals surface area contributed by atoms with Gasteiger partial charge in [0.15, 0.2) is 10.1 Å². The summed E-state index contributed by atoms with van der Waals surface area (Å²) in [5.41, 5.74) is 2.63. The number of anilines is 1. The maximum atomic E-state index is 13.0. The Balaban J connectivity index is 1.45. The number of carbonyl (C=O) groups excluding carboxylic acids is 1. The van der Waals surface area contributed by atoms with Crippen LogP contribution in [0, 0.1) is 6.92 Å². The Morgan fingerprint density at radius 3 is 2.96 bits per heavy atom. The van der Waals surface area contributed by atoms with Gasteiger partial charge in [-0.2, -0.15) is 0 Å². The average Bonchev–Trinajstić information content (AvgIpc) is 3.38. The number of aryl methyl sites for hydroxylation is 1. The zero-order valence-electron chi connectivity index (χ0n) is 14.9. The SMILES string of the molecule is Cc1[nH]c2ccccc2c1C(=O)[C@@H](C)Sc1nnc(NCc2ccco2)s1. The highest BCUT2D eigenvalue weighted by Gasteiger charge is 2.23. The number of aromatic amines is 1. The molecule has 1 atom stereocenters. The number of hydrogen-bond donors (Lipinski definition) is 2. The highest BCUT2D eigenvalue weighted by Crippen LogP contribution is 2.32. The van der Waals surface area contributed by atoms with Crippen LogP contribution in [-0.4, -0.2) is 26.2 Å². The van der Waals surface area contributed by atoms with Crippen LogP contribution in [0.5, 0.6) is 0 Å². The second-order valence-corrected chi connectivity index (χ2v) is 8.67. The molecule has 8 heteroatoms. The van der Waals surface area contributed by atoms with Crippen molar-refractivity contribution in [2.75, 3.05) is 5.32 Å². The second kappa shape index (κ2) is 7.58. The van der Waals surface area contributed by atoms with E-state index in [1.54, 1.807) is 6.26 Å². The molecule has 0 saturated carbocycles. The van der Waals surface area contributed by atoms with Crippen LogP contribution in [0.1, 0.15) is 28.7 Å². The number of para-hydroxylation sites is 1. The quantitative estimate of drug-likeness (QED) is 0.340. The molecule has 3 heterocycles. The van der Waals surface area contributed by atoms with Crippen molar-refractivity contribution in [1.82, 2.24) is 15.2 Å².